The number of hydrogen-bond acceptors (Lipinski definition) is 6. The van der Waals surface area contributed by atoms with Gasteiger partial charge >= 0.3 is 5.97 Å². The van der Waals surface area contributed by atoms with Crippen LogP contribution in [0.15, 0.2) is 67.1 Å². The standard InChI is InChI=1S/C24H27N5O5/c25-19(12-17-13-26-14-27-17)22(31)28-20(10-15-4-2-1-3-5-15)23(32)29-21(24(33)34)11-16-6-8-18(30)9-7-16/h1-9,13-14,19-21,30H,10-12,25H2,(H,26,27)(H,28,31)(H,29,32)(H,33,34)/t19-,20-,21-/m0/s1. The summed E-state index contributed by atoms with van der Waals surface area (Å²) in [6, 6.07) is 11.9. The van der Waals surface area contributed by atoms with E-state index in [1.165, 1.54) is 18.5 Å². The van der Waals surface area contributed by atoms with Gasteiger partial charge in [0.1, 0.15) is 17.8 Å². The van der Waals surface area contributed by atoms with E-state index in [0.717, 1.165) is 5.56 Å². The van der Waals surface area contributed by atoms with E-state index in [1.807, 2.05) is 18.2 Å². The van der Waals surface area contributed by atoms with Crippen LogP contribution >= 0.6 is 0 Å². The Morgan fingerprint density at radius 3 is 2.12 bits per heavy atom. The van der Waals surface area contributed by atoms with Crippen molar-refractivity contribution >= 4 is 17.8 Å². The summed E-state index contributed by atoms with van der Waals surface area (Å²) in [6.45, 7) is 0. The van der Waals surface area contributed by atoms with E-state index in [2.05, 4.69) is 20.6 Å². The van der Waals surface area contributed by atoms with Gasteiger partial charge in [-0.3, -0.25) is 9.59 Å². The number of aromatic hydroxyl groups is 1. The highest BCUT2D eigenvalue weighted by atomic mass is 16.4. The summed E-state index contributed by atoms with van der Waals surface area (Å²) >= 11 is 0. The second-order valence-corrected chi connectivity index (χ2v) is 7.91. The van der Waals surface area contributed by atoms with Crippen molar-refractivity contribution in [3.63, 3.8) is 0 Å². The largest absolute Gasteiger partial charge is 0.508 e. The molecule has 2 amide bonds. The molecule has 0 aliphatic rings. The zero-order valence-corrected chi connectivity index (χ0v) is 18.3. The highest BCUT2D eigenvalue weighted by Crippen LogP contribution is 2.12. The number of rotatable bonds is 11. The van der Waals surface area contributed by atoms with Crippen LogP contribution < -0.4 is 16.4 Å². The van der Waals surface area contributed by atoms with Gasteiger partial charge in [0.15, 0.2) is 0 Å². The molecule has 10 heteroatoms. The topological polar surface area (TPSA) is 170 Å². The van der Waals surface area contributed by atoms with E-state index < -0.39 is 35.9 Å². The molecule has 2 aromatic carbocycles. The Labute approximate surface area is 196 Å². The molecule has 0 fully saturated rings. The number of H-pyrrole nitrogens is 1. The van der Waals surface area contributed by atoms with Gasteiger partial charge < -0.3 is 31.6 Å². The summed E-state index contributed by atoms with van der Waals surface area (Å²) < 4.78 is 0. The average Bonchev–Trinajstić information content (AvgIpc) is 3.33. The first-order chi connectivity index (χ1) is 16.3. The molecule has 0 aliphatic carbocycles. The number of imidazole rings is 1. The maximum Gasteiger partial charge on any atom is 0.326 e. The number of carbonyl (C=O) groups excluding carboxylic acids is 2. The van der Waals surface area contributed by atoms with Crippen LogP contribution in [0.3, 0.4) is 0 Å². The van der Waals surface area contributed by atoms with Crippen LogP contribution in [0.4, 0.5) is 0 Å². The average molecular weight is 466 g/mol. The fourth-order valence-electron chi connectivity index (χ4n) is 3.40. The van der Waals surface area contributed by atoms with Gasteiger partial charge in [0.25, 0.3) is 0 Å². The second-order valence-electron chi connectivity index (χ2n) is 7.91. The number of nitrogens with one attached hydrogen (secondary N) is 3. The summed E-state index contributed by atoms with van der Waals surface area (Å²) in [7, 11) is 0. The quantitative estimate of drug-likeness (QED) is 0.240. The SMILES string of the molecule is N[C@@H](Cc1cnc[nH]1)C(=O)N[C@@H](Cc1ccccc1)C(=O)N[C@@H](Cc1ccc(O)cc1)C(=O)O. The van der Waals surface area contributed by atoms with Crippen molar-refractivity contribution in [1.82, 2.24) is 20.6 Å². The summed E-state index contributed by atoms with van der Waals surface area (Å²) in [4.78, 5) is 44.4. The number of carboxylic acid groups (broad SMARTS) is 1. The number of phenolic OH excluding ortho intramolecular Hbond substituents is 1. The fraction of sp³-hybridized carbons (Fsp3) is 0.250. The lowest BCUT2D eigenvalue weighted by Crippen LogP contribution is -2.55. The highest BCUT2D eigenvalue weighted by molar-refractivity contribution is 5.92. The van der Waals surface area contributed by atoms with Gasteiger partial charge in [0, 0.05) is 31.2 Å². The van der Waals surface area contributed by atoms with Crippen molar-refractivity contribution in [2.45, 2.75) is 37.4 Å². The van der Waals surface area contributed by atoms with E-state index >= 15 is 0 Å². The van der Waals surface area contributed by atoms with Crippen LogP contribution in [-0.2, 0) is 33.6 Å². The lowest BCUT2D eigenvalue weighted by atomic mass is 10.0. The molecule has 1 aromatic heterocycles. The third-order valence-electron chi connectivity index (χ3n) is 5.24. The fourth-order valence-corrected chi connectivity index (χ4v) is 3.40. The third kappa shape index (κ3) is 7.17. The number of carbonyl (C=O) groups is 3. The Morgan fingerprint density at radius 1 is 0.882 bits per heavy atom. The summed E-state index contributed by atoms with van der Waals surface area (Å²) in [5.74, 6) is -2.35. The van der Waals surface area contributed by atoms with Gasteiger partial charge in [-0.25, -0.2) is 9.78 Å². The number of aromatic nitrogens is 2. The van der Waals surface area contributed by atoms with Gasteiger partial charge in [0.05, 0.1) is 12.4 Å². The minimum absolute atomic E-state index is 0.00664. The predicted molar refractivity (Wildman–Crippen MR) is 124 cm³/mol. The molecule has 3 atom stereocenters. The molecule has 34 heavy (non-hydrogen) atoms. The number of aliphatic carboxylic acids is 1. The zero-order valence-electron chi connectivity index (χ0n) is 18.3. The van der Waals surface area contributed by atoms with Gasteiger partial charge in [-0.1, -0.05) is 42.5 Å². The molecule has 0 aliphatic heterocycles. The predicted octanol–water partition coefficient (Wildman–Crippen LogP) is 0.525. The highest BCUT2D eigenvalue weighted by Gasteiger charge is 2.28. The zero-order chi connectivity index (χ0) is 24.5. The molecule has 0 bridgehead atoms. The van der Waals surface area contributed by atoms with Crippen molar-refractivity contribution < 1.29 is 24.6 Å². The van der Waals surface area contributed by atoms with Crippen molar-refractivity contribution in [3.8, 4) is 5.75 Å². The number of amides is 2. The van der Waals surface area contributed by atoms with E-state index in [-0.39, 0.29) is 25.0 Å². The van der Waals surface area contributed by atoms with Gasteiger partial charge in [-0.05, 0) is 23.3 Å². The van der Waals surface area contributed by atoms with E-state index in [0.29, 0.717) is 11.3 Å². The van der Waals surface area contributed by atoms with E-state index in [1.54, 1.807) is 30.5 Å². The van der Waals surface area contributed by atoms with Crippen LogP contribution in [-0.4, -0.2) is 56.1 Å². The Kier molecular flexibility index (Phi) is 8.36. The maximum absolute atomic E-state index is 13.1. The van der Waals surface area contributed by atoms with Gasteiger partial charge in [-0.2, -0.15) is 0 Å². The minimum Gasteiger partial charge on any atom is -0.508 e. The molecule has 3 aromatic rings. The van der Waals surface area contributed by atoms with Crippen LogP contribution in [0.2, 0.25) is 0 Å². The Bertz CT molecular complexity index is 1090. The Morgan fingerprint density at radius 2 is 1.50 bits per heavy atom. The second kappa shape index (κ2) is 11.6. The number of aromatic amines is 1. The summed E-state index contributed by atoms with van der Waals surface area (Å²) in [5, 5.41) is 24.2. The molecule has 10 nitrogen and oxygen atoms in total. The molecule has 3 rings (SSSR count). The molecule has 0 unspecified atom stereocenters. The van der Waals surface area contributed by atoms with Crippen LogP contribution in [0.25, 0.3) is 0 Å². The lowest BCUT2D eigenvalue weighted by Gasteiger charge is -2.23. The van der Waals surface area contributed by atoms with Crippen molar-refractivity contribution in [2.24, 2.45) is 5.73 Å². The van der Waals surface area contributed by atoms with E-state index in [9.17, 15) is 24.6 Å². The number of carboxylic acids is 1. The van der Waals surface area contributed by atoms with Crippen LogP contribution in [0.1, 0.15) is 16.8 Å². The maximum atomic E-state index is 13.1. The Hall–Kier alpha value is -4.18. The van der Waals surface area contributed by atoms with Gasteiger partial charge in [0.2, 0.25) is 11.8 Å². The number of nitrogens with zero attached hydrogens (tertiary/aromatic N) is 1. The third-order valence-corrected chi connectivity index (χ3v) is 5.24. The Balaban J connectivity index is 1.72. The number of hydrogen-bond donors (Lipinski definition) is 6. The summed E-state index contributed by atoms with van der Waals surface area (Å²) in [5.41, 5.74) is 8.09. The van der Waals surface area contributed by atoms with Crippen molar-refractivity contribution in [3.05, 3.63) is 83.9 Å². The molecular weight excluding hydrogens is 438 g/mol. The minimum atomic E-state index is -1.23. The van der Waals surface area contributed by atoms with Gasteiger partial charge in [-0.15, -0.1) is 0 Å². The number of phenols is 1. The molecule has 178 valence electrons. The molecule has 0 saturated carbocycles. The molecule has 1 heterocycles. The lowest BCUT2D eigenvalue weighted by molar-refractivity contribution is -0.142. The van der Waals surface area contributed by atoms with Crippen LogP contribution in [0.5, 0.6) is 5.75 Å². The smallest absolute Gasteiger partial charge is 0.326 e. The first-order valence-electron chi connectivity index (χ1n) is 10.7. The molecule has 7 N–H and O–H groups in total. The van der Waals surface area contributed by atoms with Crippen molar-refractivity contribution in [1.29, 1.82) is 0 Å². The molecule has 0 saturated heterocycles. The van der Waals surface area contributed by atoms with Crippen LogP contribution in [0, 0.1) is 0 Å². The first-order valence-corrected chi connectivity index (χ1v) is 10.7. The molecular formula is C24H27N5O5. The number of nitrogens with two attached hydrogens (primary N) is 1. The molecule has 0 spiro atoms. The number of benzene rings is 2. The molecule has 0 radical (unpaired) electrons. The monoisotopic (exact) mass is 465 g/mol. The van der Waals surface area contributed by atoms with Crippen molar-refractivity contribution in [2.75, 3.05) is 0 Å². The van der Waals surface area contributed by atoms with E-state index in [4.69, 9.17) is 5.73 Å². The normalized spacial score (nSPS) is 13.4. The summed E-state index contributed by atoms with van der Waals surface area (Å²) in [6.07, 6.45) is 3.39. The first kappa shape index (κ1) is 24.5.